The molecular formula is C9H15N3O4. The molecule has 1 aliphatic heterocycles. The first-order valence-corrected chi connectivity index (χ1v) is 5.02. The Morgan fingerprint density at radius 1 is 1.50 bits per heavy atom. The lowest BCUT2D eigenvalue weighted by molar-refractivity contribution is -0.138. The second kappa shape index (κ2) is 4.82. The highest BCUT2D eigenvalue weighted by atomic mass is 16.4. The topological polar surface area (TPSA) is 113 Å². The summed E-state index contributed by atoms with van der Waals surface area (Å²) in [4.78, 5) is 34.5. The van der Waals surface area contributed by atoms with E-state index in [1.165, 1.54) is 11.8 Å². The van der Waals surface area contributed by atoms with Crippen LogP contribution in [0, 0.1) is 0 Å². The van der Waals surface area contributed by atoms with Crippen molar-refractivity contribution in [1.82, 2.24) is 10.2 Å². The van der Waals surface area contributed by atoms with Crippen molar-refractivity contribution in [2.75, 3.05) is 6.54 Å². The molecule has 0 bridgehead atoms. The monoisotopic (exact) mass is 229 g/mol. The van der Waals surface area contributed by atoms with E-state index < -0.39 is 30.0 Å². The molecule has 0 aromatic heterocycles. The summed E-state index contributed by atoms with van der Waals surface area (Å²) in [7, 11) is 0. The lowest BCUT2D eigenvalue weighted by Gasteiger charge is -2.25. The van der Waals surface area contributed by atoms with Gasteiger partial charge in [0.05, 0.1) is 0 Å². The quantitative estimate of drug-likeness (QED) is 0.583. The summed E-state index contributed by atoms with van der Waals surface area (Å²) in [5, 5.41) is 10.5. The number of amides is 3. The van der Waals surface area contributed by atoms with E-state index in [2.05, 4.69) is 5.32 Å². The zero-order valence-corrected chi connectivity index (χ0v) is 8.97. The maximum atomic E-state index is 11.8. The van der Waals surface area contributed by atoms with Gasteiger partial charge in [0.2, 0.25) is 11.8 Å². The van der Waals surface area contributed by atoms with Crippen LogP contribution in [0.15, 0.2) is 0 Å². The molecule has 16 heavy (non-hydrogen) atoms. The Balaban J connectivity index is 2.65. The number of carbonyl (C=O) groups excluding carboxylic acids is 2. The summed E-state index contributed by atoms with van der Waals surface area (Å²) in [6.07, 6.45) is -0.0179. The number of primary amides is 1. The summed E-state index contributed by atoms with van der Waals surface area (Å²) >= 11 is 0. The smallest absolute Gasteiger partial charge is 0.405 e. The number of hydrogen-bond acceptors (Lipinski definition) is 3. The molecule has 0 spiro atoms. The predicted molar refractivity (Wildman–Crippen MR) is 54.6 cm³/mol. The van der Waals surface area contributed by atoms with Crippen molar-refractivity contribution in [3.05, 3.63) is 0 Å². The van der Waals surface area contributed by atoms with Crippen molar-refractivity contribution in [2.24, 2.45) is 5.73 Å². The number of likely N-dealkylation sites (tertiary alicyclic amines) is 1. The van der Waals surface area contributed by atoms with Crippen molar-refractivity contribution in [3.8, 4) is 0 Å². The second-order valence-corrected chi connectivity index (χ2v) is 3.76. The lowest BCUT2D eigenvalue weighted by Crippen LogP contribution is -2.51. The van der Waals surface area contributed by atoms with E-state index >= 15 is 0 Å². The van der Waals surface area contributed by atoms with Crippen LogP contribution in [0.2, 0.25) is 0 Å². The maximum absolute atomic E-state index is 11.8. The summed E-state index contributed by atoms with van der Waals surface area (Å²) in [5.74, 6) is -0.961. The number of nitrogens with zero attached hydrogens (tertiary/aromatic N) is 1. The van der Waals surface area contributed by atoms with Crippen molar-refractivity contribution < 1.29 is 19.5 Å². The van der Waals surface area contributed by atoms with Crippen LogP contribution in [0.3, 0.4) is 0 Å². The molecule has 3 amide bonds. The van der Waals surface area contributed by atoms with Gasteiger partial charge in [-0.2, -0.15) is 0 Å². The molecule has 1 aliphatic rings. The molecule has 0 saturated carbocycles. The van der Waals surface area contributed by atoms with Crippen LogP contribution < -0.4 is 11.1 Å². The molecule has 0 radical (unpaired) electrons. The van der Waals surface area contributed by atoms with E-state index in [0.29, 0.717) is 19.4 Å². The number of rotatable bonds is 3. The van der Waals surface area contributed by atoms with Crippen molar-refractivity contribution >= 4 is 17.9 Å². The van der Waals surface area contributed by atoms with Gasteiger partial charge in [-0.05, 0) is 19.8 Å². The Bertz CT molecular complexity index is 318. The van der Waals surface area contributed by atoms with Crippen LogP contribution in [0.5, 0.6) is 0 Å². The molecule has 1 saturated heterocycles. The molecule has 0 aromatic carbocycles. The van der Waals surface area contributed by atoms with E-state index in [9.17, 15) is 14.4 Å². The van der Waals surface area contributed by atoms with Gasteiger partial charge in [0.1, 0.15) is 12.1 Å². The van der Waals surface area contributed by atoms with Gasteiger partial charge in [-0.25, -0.2) is 4.79 Å². The molecule has 7 heteroatoms. The van der Waals surface area contributed by atoms with Crippen LogP contribution >= 0.6 is 0 Å². The number of hydrogen-bond donors (Lipinski definition) is 3. The van der Waals surface area contributed by atoms with Gasteiger partial charge in [0.15, 0.2) is 0 Å². The molecule has 2 atom stereocenters. The van der Waals surface area contributed by atoms with Gasteiger partial charge in [-0.15, -0.1) is 0 Å². The number of nitrogens with two attached hydrogens (primary N) is 1. The minimum absolute atomic E-state index is 0.413. The van der Waals surface area contributed by atoms with E-state index in [1.54, 1.807) is 0 Å². The molecule has 4 N–H and O–H groups in total. The number of nitrogens with one attached hydrogen (secondary N) is 1. The van der Waals surface area contributed by atoms with Gasteiger partial charge < -0.3 is 21.1 Å². The third-order valence-corrected chi connectivity index (χ3v) is 2.57. The molecule has 0 aliphatic carbocycles. The van der Waals surface area contributed by atoms with Gasteiger partial charge >= 0.3 is 6.09 Å². The molecule has 1 rings (SSSR count). The van der Waals surface area contributed by atoms with Crippen LogP contribution in [0.1, 0.15) is 19.8 Å². The predicted octanol–water partition coefficient (Wildman–Crippen LogP) is -0.881. The van der Waals surface area contributed by atoms with Crippen LogP contribution in [-0.2, 0) is 9.59 Å². The summed E-state index contributed by atoms with van der Waals surface area (Å²) < 4.78 is 0. The highest BCUT2D eigenvalue weighted by Crippen LogP contribution is 2.17. The van der Waals surface area contributed by atoms with Crippen LogP contribution in [-0.4, -0.2) is 46.5 Å². The summed E-state index contributed by atoms with van der Waals surface area (Å²) in [5.41, 5.74) is 5.16. The van der Waals surface area contributed by atoms with Crippen molar-refractivity contribution in [3.63, 3.8) is 0 Å². The molecular weight excluding hydrogens is 214 g/mol. The fraction of sp³-hybridized carbons (Fsp3) is 0.667. The summed E-state index contributed by atoms with van der Waals surface area (Å²) in [6, 6.07) is -1.47. The summed E-state index contributed by atoms with van der Waals surface area (Å²) in [6.45, 7) is 1.88. The third-order valence-electron chi connectivity index (χ3n) is 2.57. The van der Waals surface area contributed by atoms with E-state index in [1.807, 2.05) is 0 Å². The fourth-order valence-electron chi connectivity index (χ4n) is 1.82. The average molecular weight is 229 g/mol. The minimum Gasteiger partial charge on any atom is -0.465 e. The minimum atomic E-state index is -1.27. The normalized spacial score (nSPS) is 21.6. The highest BCUT2D eigenvalue weighted by Gasteiger charge is 2.34. The van der Waals surface area contributed by atoms with Gasteiger partial charge in [0.25, 0.3) is 0 Å². The molecule has 0 unspecified atom stereocenters. The highest BCUT2D eigenvalue weighted by molar-refractivity contribution is 5.90. The molecule has 90 valence electrons. The Labute approximate surface area is 92.6 Å². The van der Waals surface area contributed by atoms with Crippen LogP contribution in [0.25, 0.3) is 0 Å². The number of carboxylic acid groups (broad SMARTS) is 1. The molecule has 0 aromatic rings. The maximum Gasteiger partial charge on any atom is 0.405 e. The Kier molecular flexibility index (Phi) is 3.70. The van der Waals surface area contributed by atoms with Gasteiger partial charge in [0, 0.05) is 6.54 Å². The Morgan fingerprint density at radius 3 is 2.62 bits per heavy atom. The van der Waals surface area contributed by atoms with Gasteiger partial charge in [-0.1, -0.05) is 0 Å². The third kappa shape index (κ3) is 2.62. The fourth-order valence-corrected chi connectivity index (χ4v) is 1.82. The first kappa shape index (κ1) is 12.3. The largest absolute Gasteiger partial charge is 0.465 e. The SMILES string of the molecule is C[C@H](NC(=O)O)C(=O)N1CCC[C@H]1C(N)=O. The van der Waals surface area contributed by atoms with E-state index in [0.717, 1.165) is 0 Å². The molecule has 1 heterocycles. The average Bonchev–Trinajstić information content (AvgIpc) is 2.63. The first-order valence-electron chi connectivity index (χ1n) is 5.02. The standard InChI is InChI=1S/C9H15N3O4/c1-5(11-9(15)16)8(14)12-4-2-3-6(12)7(10)13/h5-6,11H,2-4H2,1H3,(H2,10,13)(H,15,16)/t5-,6-/m0/s1. The van der Waals surface area contributed by atoms with Crippen molar-refractivity contribution in [2.45, 2.75) is 31.8 Å². The van der Waals surface area contributed by atoms with E-state index in [-0.39, 0.29) is 0 Å². The van der Waals surface area contributed by atoms with Gasteiger partial charge in [-0.3, -0.25) is 9.59 Å². The molecule has 7 nitrogen and oxygen atoms in total. The number of carbonyl (C=O) groups is 3. The zero-order valence-electron chi connectivity index (χ0n) is 8.97. The van der Waals surface area contributed by atoms with E-state index in [4.69, 9.17) is 10.8 Å². The lowest BCUT2D eigenvalue weighted by atomic mass is 10.2. The first-order chi connectivity index (χ1) is 7.43. The molecule has 1 fully saturated rings. The second-order valence-electron chi connectivity index (χ2n) is 3.76. The van der Waals surface area contributed by atoms with Crippen molar-refractivity contribution in [1.29, 1.82) is 0 Å². The Hall–Kier alpha value is -1.79. The van der Waals surface area contributed by atoms with Crippen LogP contribution in [0.4, 0.5) is 4.79 Å². The zero-order chi connectivity index (χ0) is 12.3. The Morgan fingerprint density at radius 2 is 2.12 bits per heavy atom.